The van der Waals surface area contributed by atoms with Gasteiger partial charge in [0.1, 0.15) is 11.4 Å². The highest BCUT2D eigenvalue weighted by molar-refractivity contribution is 7.89. The molecule has 0 atom stereocenters. The molecule has 200 valence electrons. The van der Waals surface area contributed by atoms with E-state index in [0.717, 1.165) is 31.5 Å². The van der Waals surface area contributed by atoms with Crippen LogP contribution in [0.25, 0.3) is 0 Å². The van der Waals surface area contributed by atoms with E-state index < -0.39 is 21.2 Å². The number of carbonyl (C=O) groups is 1. The number of pyridine rings is 1. The predicted octanol–water partition coefficient (Wildman–Crippen LogP) is 3.32. The Bertz CT molecular complexity index is 1320. The third-order valence-electron chi connectivity index (χ3n) is 7.71. The normalized spacial score (nSPS) is 20.4. The van der Waals surface area contributed by atoms with Crippen LogP contribution in [-0.2, 0) is 20.4 Å². The first-order chi connectivity index (χ1) is 17.3. The molecule has 2 aromatic rings. The van der Waals surface area contributed by atoms with Crippen molar-refractivity contribution in [3.8, 4) is 0 Å². The lowest BCUT2D eigenvalue weighted by atomic mass is 9.93. The van der Waals surface area contributed by atoms with Gasteiger partial charge in [-0.15, -0.1) is 0 Å². The number of rotatable bonds is 7. The van der Waals surface area contributed by atoms with Crippen molar-refractivity contribution in [3.05, 3.63) is 47.2 Å². The van der Waals surface area contributed by atoms with Crippen molar-refractivity contribution in [3.63, 3.8) is 0 Å². The number of amides is 1. The highest BCUT2D eigenvalue weighted by Gasteiger charge is 2.45. The summed E-state index contributed by atoms with van der Waals surface area (Å²) in [7, 11) is -3.81. The largest absolute Gasteiger partial charge is 0.384 e. The predicted molar refractivity (Wildman–Crippen MR) is 141 cm³/mol. The van der Waals surface area contributed by atoms with E-state index in [0.29, 0.717) is 41.4 Å². The smallest absolute Gasteiger partial charge is 0.258 e. The Balaban J connectivity index is 1.46. The average Bonchev–Trinajstić information content (AvgIpc) is 3.55. The number of benzene rings is 1. The average molecular weight is 529 g/mol. The zero-order chi connectivity index (χ0) is 26.6. The molecule has 3 heterocycles. The van der Waals surface area contributed by atoms with Gasteiger partial charge in [0.25, 0.3) is 5.91 Å². The summed E-state index contributed by atoms with van der Waals surface area (Å²) in [6.45, 7) is 9.17. The fourth-order valence-electron chi connectivity index (χ4n) is 5.11. The summed E-state index contributed by atoms with van der Waals surface area (Å²) < 4.78 is 34.4. The fourth-order valence-corrected chi connectivity index (χ4v) is 6.51. The lowest BCUT2D eigenvalue weighted by molar-refractivity contribution is -0.0523. The molecule has 3 aliphatic rings. The Morgan fingerprint density at radius 3 is 2.35 bits per heavy atom. The van der Waals surface area contributed by atoms with Crippen LogP contribution in [0.3, 0.4) is 0 Å². The maximum absolute atomic E-state index is 13.5. The molecule has 3 N–H and O–H groups in total. The number of anilines is 2. The van der Waals surface area contributed by atoms with E-state index in [4.69, 9.17) is 4.74 Å². The number of piperidine rings is 1. The highest BCUT2D eigenvalue weighted by atomic mass is 32.2. The van der Waals surface area contributed by atoms with Gasteiger partial charge in [-0.25, -0.2) is 18.1 Å². The molecule has 1 saturated carbocycles. The Labute approximate surface area is 218 Å². The maximum atomic E-state index is 13.5. The fraction of sp³-hybridized carbons (Fsp3) is 0.556. The van der Waals surface area contributed by atoms with Gasteiger partial charge in [-0.1, -0.05) is 0 Å². The molecule has 5 rings (SSSR count). The van der Waals surface area contributed by atoms with Crippen molar-refractivity contribution in [1.82, 2.24) is 9.71 Å². The summed E-state index contributed by atoms with van der Waals surface area (Å²) >= 11 is 0. The molecule has 2 aliphatic heterocycles. The molecule has 37 heavy (non-hydrogen) atoms. The van der Waals surface area contributed by atoms with Gasteiger partial charge in [-0.05, 0) is 94.7 Å². The van der Waals surface area contributed by atoms with Gasteiger partial charge in [-0.2, -0.15) is 0 Å². The summed E-state index contributed by atoms with van der Waals surface area (Å²) in [5.41, 5.74) is 0.937. The van der Waals surface area contributed by atoms with Crippen LogP contribution in [0.2, 0.25) is 0 Å². The molecule has 0 bridgehead atoms. The molecule has 1 aromatic heterocycles. The monoisotopic (exact) mass is 528 g/mol. The van der Waals surface area contributed by atoms with Crippen molar-refractivity contribution in [2.45, 2.75) is 69.4 Å². The first kappa shape index (κ1) is 26.1. The molecule has 10 heteroatoms. The van der Waals surface area contributed by atoms with Crippen LogP contribution in [0.4, 0.5) is 11.5 Å². The van der Waals surface area contributed by atoms with E-state index >= 15 is 0 Å². The van der Waals surface area contributed by atoms with Crippen LogP contribution in [0.15, 0.2) is 35.2 Å². The van der Waals surface area contributed by atoms with Gasteiger partial charge >= 0.3 is 0 Å². The van der Waals surface area contributed by atoms with Crippen LogP contribution in [-0.4, -0.2) is 56.3 Å². The van der Waals surface area contributed by atoms with E-state index in [1.807, 2.05) is 13.8 Å². The number of nitrogens with one attached hydrogen (secondary N) is 2. The summed E-state index contributed by atoms with van der Waals surface area (Å²) in [5.74, 6) is -0.0438. The zero-order valence-corrected chi connectivity index (χ0v) is 22.7. The van der Waals surface area contributed by atoms with Crippen molar-refractivity contribution < 1.29 is 23.1 Å². The minimum absolute atomic E-state index is 0.122. The number of carbonyl (C=O) groups excluding carboxylic acids is 1. The first-order valence-corrected chi connectivity index (χ1v) is 14.3. The Hall–Kier alpha value is -2.53. The van der Waals surface area contributed by atoms with E-state index in [-0.39, 0.29) is 10.8 Å². The number of aromatic nitrogens is 1. The lowest BCUT2D eigenvalue weighted by Crippen LogP contribution is -2.59. The third-order valence-corrected chi connectivity index (χ3v) is 9.34. The highest BCUT2D eigenvalue weighted by Crippen LogP contribution is 2.54. The van der Waals surface area contributed by atoms with Gasteiger partial charge < -0.3 is 20.1 Å². The summed E-state index contributed by atoms with van der Waals surface area (Å²) in [6.07, 6.45) is 4.56. The first-order valence-electron chi connectivity index (χ1n) is 12.8. The zero-order valence-electron chi connectivity index (χ0n) is 21.9. The number of aliphatic hydroxyl groups is 1. The number of nitrogens with zero attached hydrogens (tertiary/aromatic N) is 2. The van der Waals surface area contributed by atoms with Crippen molar-refractivity contribution in [2.75, 3.05) is 36.5 Å². The topological polar surface area (TPSA) is 121 Å². The van der Waals surface area contributed by atoms with Gasteiger partial charge in [0, 0.05) is 13.1 Å². The van der Waals surface area contributed by atoms with E-state index in [9.17, 15) is 18.3 Å². The minimum atomic E-state index is -3.81. The van der Waals surface area contributed by atoms with E-state index in [1.165, 1.54) is 18.9 Å². The molecule has 1 aliphatic carbocycles. The Morgan fingerprint density at radius 2 is 1.78 bits per heavy atom. The molecule has 0 unspecified atom stereocenters. The molecule has 3 fully saturated rings. The van der Waals surface area contributed by atoms with Crippen LogP contribution in [0, 0.1) is 12.3 Å². The minimum Gasteiger partial charge on any atom is -0.384 e. The molecular formula is C27H36N4O5S. The standard InChI is InChI=1S/C27H36N4O5S/c1-18-13-22(25(2,3)33)28-23(14-18)29-24(32)20-6-5-19(37(34,35)30-26(4)16-36-17-26)15-21(20)31-11-9-27(7-8-27)10-12-31/h5-6,13-15,30,33H,7-12,16-17H2,1-4H3,(H,28,29,32). The van der Waals surface area contributed by atoms with Crippen LogP contribution < -0.4 is 14.9 Å². The van der Waals surface area contributed by atoms with Gasteiger partial charge in [0.15, 0.2) is 0 Å². The van der Waals surface area contributed by atoms with Crippen LogP contribution >= 0.6 is 0 Å². The van der Waals surface area contributed by atoms with Crippen LogP contribution in [0.5, 0.6) is 0 Å². The number of hydrogen-bond donors (Lipinski definition) is 3. The third kappa shape index (κ3) is 5.52. The van der Waals surface area contributed by atoms with Crippen LogP contribution in [0.1, 0.15) is 68.1 Å². The number of aryl methyl sites for hydroxylation is 1. The Morgan fingerprint density at radius 1 is 1.11 bits per heavy atom. The molecule has 1 spiro atoms. The lowest BCUT2D eigenvalue weighted by Gasteiger charge is -2.38. The summed E-state index contributed by atoms with van der Waals surface area (Å²) in [5, 5.41) is 13.3. The molecule has 9 nitrogen and oxygen atoms in total. The summed E-state index contributed by atoms with van der Waals surface area (Å²) in [6, 6.07) is 8.18. The van der Waals surface area contributed by atoms with Gasteiger partial charge in [0.05, 0.1) is 40.6 Å². The van der Waals surface area contributed by atoms with Crippen molar-refractivity contribution in [1.29, 1.82) is 0 Å². The second-order valence-electron chi connectivity index (χ2n) is 11.8. The number of ether oxygens (including phenoxy) is 1. The quantitative estimate of drug-likeness (QED) is 0.504. The van der Waals surface area contributed by atoms with Crippen molar-refractivity contribution >= 4 is 27.4 Å². The molecule has 1 aromatic carbocycles. The van der Waals surface area contributed by atoms with Crippen molar-refractivity contribution in [2.24, 2.45) is 5.41 Å². The number of sulfonamides is 1. The summed E-state index contributed by atoms with van der Waals surface area (Å²) in [4.78, 5) is 20.2. The SMILES string of the molecule is Cc1cc(NC(=O)c2ccc(S(=O)(=O)NC3(C)COC3)cc2N2CCC3(CC2)CC3)nc(C(C)(C)O)c1. The molecule has 0 radical (unpaired) electrons. The maximum Gasteiger partial charge on any atom is 0.258 e. The molecule has 2 saturated heterocycles. The van der Waals surface area contributed by atoms with Gasteiger partial charge in [0.2, 0.25) is 10.0 Å². The van der Waals surface area contributed by atoms with E-state index in [1.54, 1.807) is 38.1 Å². The second kappa shape index (κ2) is 9.04. The molecular weight excluding hydrogens is 492 g/mol. The van der Waals surface area contributed by atoms with Gasteiger partial charge in [-0.3, -0.25) is 4.79 Å². The molecule has 1 amide bonds. The van der Waals surface area contributed by atoms with E-state index in [2.05, 4.69) is 19.9 Å². The Kier molecular flexibility index (Phi) is 6.38. The number of hydrogen-bond acceptors (Lipinski definition) is 7. The second-order valence-corrected chi connectivity index (χ2v) is 13.4.